The number of aromatic nitrogens is 1. The maximum atomic E-state index is 11.8. The summed E-state index contributed by atoms with van der Waals surface area (Å²) in [7, 11) is 0. The van der Waals surface area contributed by atoms with E-state index in [2.05, 4.69) is 22.4 Å². The van der Waals surface area contributed by atoms with Crippen LogP contribution in [0.3, 0.4) is 0 Å². The van der Waals surface area contributed by atoms with Crippen LogP contribution in [0.1, 0.15) is 6.92 Å². The lowest BCUT2D eigenvalue weighted by atomic mass is 10.4. The second-order valence-electron chi connectivity index (χ2n) is 4.15. The maximum absolute atomic E-state index is 11.8. The zero-order valence-corrected chi connectivity index (χ0v) is 12.0. The summed E-state index contributed by atoms with van der Waals surface area (Å²) in [6.07, 6.45) is 3.23. The van der Waals surface area contributed by atoms with E-state index in [0.717, 1.165) is 0 Å². The quantitative estimate of drug-likeness (QED) is 0.393. The molecule has 0 atom stereocenters. The van der Waals surface area contributed by atoms with E-state index < -0.39 is 0 Å². The molecule has 0 bridgehead atoms. The fourth-order valence-corrected chi connectivity index (χ4v) is 1.57. The van der Waals surface area contributed by atoms with Gasteiger partial charge in [-0.15, -0.1) is 6.58 Å². The lowest BCUT2D eigenvalue weighted by Gasteiger charge is -2.19. The van der Waals surface area contributed by atoms with Crippen LogP contribution in [-0.4, -0.2) is 48.0 Å². The third kappa shape index (κ3) is 7.07. The van der Waals surface area contributed by atoms with E-state index in [1.165, 1.54) is 0 Å². The van der Waals surface area contributed by atoms with Crippen LogP contribution < -0.4 is 10.9 Å². The standard InChI is InChI=1S/C14H20N4O3/c1-3-9-18(11-14(20)21-4-2)10-13(19)17-16-12-7-5-6-8-15-12/h3,5-8H,1,4,9-11H2,2H3,(H,15,16)(H,17,19). The minimum atomic E-state index is -0.371. The van der Waals surface area contributed by atoms with Crippen molar-refractivity contribution in [2.24, 2.45) is 0 Å². The molecule has 0 radical (unpaired) electrons. The first-order valence-corrected chi connectivity index (χ1v) is 6.60. The summed E-state index contributed by atoms with van der Waals surface area (Å²) in [4.78, 5) is 28.9. The third-order valence-corrected chi connectivity index (χ3v) is 2.41. The van der Waals surface area contributed by atoms with Crippen molar-refractivity contribution in [1.29, 1.82) is 0 Å². The minimum Gasteiger partial charge on any atom is -0.465 e. The average Bonchev–Trinajstić information content (AvgIpc) is 2.46. The highest BCUT2D eigenvalue weighted by Crippen LogP contribution is 1.97. The Morgan fingerprint density at radius 2 is 2.24 bits per heavy atom. The number of nitrogens with zero attached hydrogens (tertiary/aromatic N) is 2. The first-order valence-electron chi connectivity index (χ1n) is 6.60. The van der Waals surface area contributed by atoms with E-state index in [1.54, 1.807) is 42.3 Å². The number of amides is 1. The van der Waals surface area contributed by atoms with Crippen molar-refractivity contribution in [3.63, 3.8) is 0 Å². The molecular weight excluding hydrogens is 272 g/mol. The molecule has 0 fully saturated rings. The van der Waals surface area contributed by atoms with Gasteiger partial charge in [-0.2, -0.15) is 0 Å². The number of carbonyl (C=O) groups excluding carboxylic acids is 2. The average molecular weight is 292 g/mol. The molecule has 0 aliphatic carbocycles. The molecule has 114 valence electrons. The largest absolute Gasteiger partial charge is 0.465 e. The SMILES string of the molecule is C=CCN(CC(=O)NNc1ccccn1)CC(=O)OCC. The van der Waals surface area contributed by atoms with Crippen LogP contribution >= 0.6 is 0 Å². The molecular formula is C14H20N4O3. The van der Waals surface area contributed by atoms with Gasteiger partial charge in [0.15, 0.2) is 0 Å². The summed E-state index contributed by atoms with van der Waals surface area (Å²) in [5.74, 6) is -0.122. The predicted molar refractivity (Wildman–Crippen MR) is 79.3 cm³/mol. The van der Waals surface area contributed by atoms with Crippen molar-refractivity contribution in [1.82, 2.24) is 15.3 Å². The normalized spacial score (nSPS) is 10.0. The fraction of sp³-hybridized carbons (Fsp3) is 0.357. The van der Waals surface area contributed by atoms with Gasteiger partial charge < -0.3 is 4.74 Å². The number of nitrogens with one attached hydrogen (secondary N) is 2. The van der Waals surface area contributed by atoms with Gasteiger partial charge in [0.2, 0.25) is 0 Å². The van der Waals surface area contributed by atoms with Crippen molar-refractivity contribution in [2.75, 3.05) is 31.7 Å². The Morgan fingerprint density at radius 1 is 1.43 bits per heavy atom. The molecule has 7 heteroatoms. The topological polar surface area (TPSA) is 83.6 Å². The summed E-state index contributed by atoms with van der Waals surface area (Å²) in [6.45, 7) is 6.15. The number of ether oxygens (including phenoxy) is 1. The van der Waals surface area contributed by atoms with E-state index in [1.807, 2.05) is 0 Å². The zero-order chi connectivity index (χ0) is 15.5. The van der Waals surface area contributed by atoms with E-state index in [-0.39, 0.29) is 25.0 Å². The van der Waals surface area contributed by atoms with Crippen molar-refractivity contribution in [3.05, 3.63) is 37.1 Å². The Balaban J connectivity index is 2.41. The molecule has 21 heavy (non-hydrogen) atoms. The van der Waals surface area contributed by atoms with Crippen LogP contribution in [0.25, 0.3) is 0 Å². The Labute approximate surface area is 124 Å². The number of hydrogen-bond donors (Lipinski definition) is 2. The molecule has 0 aliphatic rings. The highest BCUT2D eigenvalue weighted by Gasteiger charge is 2.14. The number of hydrogen-bond acceptors (Lipinski definition) is 6. The van der Waals surface area contributed by atoms with Gasteiger partial charge in [0.05, 0.1) is 19.7 Å². The molecule has 2 N–H and O–H groups in total. The summed E-state index contributed by atoms with van der Waals surface area (Å²) in [6, 6.07) is 5.30. The number of anilines is 1. The van der Waals surface area contributed by atoms with Crippen LogP contribution in [-0.2, 0) is 14.3 Å². The van der Waals surface area contributed by atoms with Gasteiger partial charge in [0, 0.05) is 12.7 Å². The van der Waals surface area contributed by atoms with E-state index in [0.29, 0.717) is 19.0 Å². The van der Waals surface area contributed by atoms with E-state index in [4.69, 9.17) is 4.74 Å². The second kappa shape index (κ2) is 9.49. The summed E-state index contributed by atoms with van der Waals surface area (Å²) in [5.41, 5.74) is 5.20. The Hall–Kier alpha value is -2.41. The molecule has 0 aromatic carbocycles. The van der Waals surface area contributed by atoms with Crippen molar-refractivity contribution in [2.45, 2.75) is 6.92 Å². The Bertz CT molecular complexity index is 465. The first kappa shape index (κ1) is 16.6. The number of hydrazine groups is 1. The lowest BCUT2D eigenvalue weighted by molar-refractivity contribution is -0.144. The molecule has 1 aromatic rings. The molecule has 0 spiro atoms. The molecule has 0 aliphatic heterocycles. The number of pyridine rings is 1. The molecule has 7 nitrogen and oxygen atoms in total. The van der Waals surface area contributed by atoms with Crippen LogP contribution in [0, 0.1) is 0 Å². The van der Waals surface area contributed by atoms with Crippen LogP contribution in [0.15, 0.2) is 37.1 Å². The van der Waals surface area contributed by atoms with E-state index in [9.17, 15) is 9.59 Å². The maximum Gasteiger partial charge on any atom is 0.320 e. The third-order valence-electron chi connectivity index (χ3n) is 2.41. The lowest BCUT2D eigenvalue weighted by Crippen LogP contribution is -2.42. The summed E-state index contributed by atoms with van der Waals surface area (Å²) >= 11 is 0. The highest BCUT2D eigenvalue weighted by atomic mass is 16.5. The van der Waals surface area contributed by atoms with Gasteiger partial charge in [-0.25, -0.2) is 4.98 Å². The van der Waals surface area contributed by atoms with Crippen LogP contribution in [0.4, 0.5) is 5.82 Å². The molecule has 0 unspecified atom stereocenters. The number of rotatable bonds is 9. The highest BCUT2D eigenvalue weighted by molar-refractivity contribution is 5.80. The van der Waals surface area contributed by atoms with Gasteiger partial charge in [-0.05, 0) is 19.1 Å². The van der Waals surface area contributed by atoms with Crippen LogP contribution in [0.2, 0.25) is 0 Å². The molecule has 1 amide bonds. The Kier molecular flexibility index (Phi) is 7.52. The molecule has 0 saturated heterocycles. The molecule has 1 rings (SSSR count). The smallest absolute Gasteiger partial charge is 0.320 e. The van der Waals surface area contributed by atoms with Gasteiger partial charge in [-0.3, -0.25) is 25.3 Å². The minimum absolute atomic E-state index is 0.0386. The monoisotopic (exact) mass is 292 g/mol. The van der Waals surface area contributed by atoms with Gasteiger partial charge in [-0.1, -0.05) is 12.1 Å². The van der Waals surface area contributed by atoms with Crippen LogP contribution in [0.5, 0.6) is 0 Å². The van der Waals surface area contributed by atoms with Gasteiger partial charge in [0.1, 0.15) is 5.82 Å². The second-order valence-corrected chi connectivity index (χ2v) is 4.15. The zero-order valence-electron chi connectivity index (χ0n) is 12.0. The van der Waals surface area contributed by atoms with Gasteiger partial charge >= 0.3 is 5.97 Å². The van der Waals surface area contributed by atoms with Crippen molar-refractivity contribution >= 4 is 17.7 Å². The predicted octanol–water partition coefficient (Wildman–Crippen LogP) is 0.576. The fourth-order valence-electron chi connectivity index (χ4n) is 1.57. The number of carbonyl (C=O) groups is 2. The van der Waals surface area contributed by atoms with E-state index >= 15 is 0 Å². The summed E-state index contributed by atoms with van der Waals surface area (Å²) < 4.78 is 4.86. The van der Waals surface area contributed by atoms with Crippen molar-refractivity contribution in [3.8, 4) is 0 Å². The Morgan fingerprint density at radius 3 is 2.86 bits per heavy atom. The first-order chi connectivity index (χ1) is 10.2. The molecule has 1 heterocycles. The number of esters is 1. The molecule has 0 saturated carbocycles. The van der Waals surface area contributed by atoms with Gasteiger partial charge in [0.25, 0.3) is 5.91 Å². The summed E-state index contributed by atoms with van der Waals surface area (Å²) in [5, 5.41) is 0. The molecule has 1 aromatic heterocycles. The van der Waals surface area contributed by atoms with Crippen molar-refractivity contribution < 1.29 is 14.3 Å².